The van der Waals surface area contributed by atoms with Crippen LogP contribution in [0.3, 0.4) is 0 Å². The summed E-state index contributed by atoms with van der Waals surface area (Å²) in [5, 5.41) is 9.11. The summed E-state index contributed by atoms with van der Waals surface area (Å²) in [6.45, 7) is 4.34. The van der Waals surface area contributed by atoms with Crippen LogP contribution in [0.1, 0.15) is 17.0 Å². The lowest BCUT2D eigenvalue weighted by Crippen LogP contribution is -2.03. The van der Waals surface area contributed by atoms with Crippen molar-refractivity contribution in [3.05, 3.63) is 28.2 Å². The van der Waals surface area contributed by atoms with Gasteiger partial charge in [0.1, 0.15) is 17.5 Å². The van der Waals surface area contributed by atoms with Gasteiger partial charge in [0.15, 0.2) is 0 Å². The molecule has 0 N–H and O–H groups in total. The fourth-order valence-corrected chi connectivity index (χ4v) is 1.82. The van der Waals surface area contributed by atoms with Crippen LogP contribution in [-0.4, -0.2) is 19.6 Å². The maximum Gasteiger partial charge on any atom is 0.215 e. The van der Waals surface area contributed by atoms with E-state index < -0.39 is 0 Å². The summed E-state index contributed by atoms with van der Waals surface area (Å²) in [6.07, 6.45) is 0. The normalized spacial score (nSPS) is 10.9. The summed E-state index contributed by atoms with van der Waals surface area (Å²) in [4.78, 5) is 0. The van der Waals surface area contributed by atoms with Gasteiger partial charge in [-0.3, -0.25) is 4.68 Å². The standard InChI is InChI=1S/C11H15ClN4O/c1-7-8(2)13-16(4)11(7)17-6-9-5-10(12)15(3)14-9/h5H,6H2,1-4H3. The van der Waals surface area contributed by atoms with Crippen molar-refractivity contribution in [1.82, 2.24) is 19.6 Å². The first kappa shape index (κ1) is 12.0. The molecular formula is C11H15ClN4O. The molecule has 0 aromatic carbocycles. The van der Waals surface area contributed by atoms with E-state index >= 15 is 0 Å². The molecular weight excluding hydrogens is 240 g/mol. The van der Waals surface area contributed by atoms with E-state index in [1.807, 2.05) is 20.9 Å². The summed E-state index contributed by atoms with van der Waals surface area (Å²) in [6, 6.07) is 1.79. The summed E-state index contributed by atoms with van der Waals surface area (Å²) >= 11 is 5.91. The topological polar surface area (TPSA) is 44.9 Å². The first-order valence-corrected chi connectivity index (χ1v) is 5.68. The lowest BCUT2D eigenvalue weighted by atomic mass is 10.3. The zero-order valence-electron chi connectivity index (χ0n) is 10.4. The molecule has 5 nitrogen and oxygen atoms in total. The molecule has 0 aliphatic rings. The number of ether oxygens (including phenoxy) is 1. The SMILES string of the molecule is Cc1nn(C)c(OCc2cc(Cl)n(C)n2)c1C. The molecule has 2 heterocycles. The maximum atomic E-state index is 5.91. The summed E-state index contributed by atoms with van der Waals surface area (Å²) < 4.78 is 9.05. The molecule has 0 unspecified atom stereocenters. The number of aromatic nitrogens is 4. The molecule has 6 heteroatoms. The number of halogens is 1. The van der Waals surface area contributed by atoms with Crippen LogP contribution in [0.2, 0.25) is 5.15 Å². The van der Waals surface area contributed by atoms with Gasteiger partial charge in [-0.25, -0.2) is 4.68 Å². The minimum absolute atomic E-state index is 0.389. The third-order valence-corrected chi connectivity index (χ3v) is 3.04. The van der Waals surface area contributed by atoms with Crippen molar-refractivity contribution in [2.75, 3.05) is 0 Å². The monoisotopic (exact) mass is 254 g/mol. The minimum Gasteiger partial charge on any atom is -0.471 e. The van der Waals surface area contributed by atoms with Crippen molar-refractivity contribution >= 4 is 11.6 Å². The molecule has 0 aliphatic heterocycles. The van der Waals surface area contributed by atoms with Gasteiger partial charge < -0.3 is 4.74 Å². The van der Waals surface area contributed by atoms with Crippen LogP contribution in [0.25, 0.3) is 0 Å². The van der Waals surface area contributed by atoms with Crippen LogP contribution in [0.4, 0.5) is 0 Å². The van der Waals surface area contributed by atoms with Crippen molar-refractivity contribution in [3.63, 3.8) is 0 Å². The highest BCUT2D eigenvalue weighted by Crippen LogP contribution is 2.21. The Kier molecular flexibility index (Phi) is 3.11. The van der Waals surface area contributed by atoms with Crippen molar-refractivity contribution < 1.29 is 4.74 Å². The highest BCUT2D eigenvalue weighted by Gasteiger charge is 2.11. The van der Waals surface area contributed by atoms with Crippen LogP contribution in [-0.2, 0) is 20.7 Å². The van der Waals surface area contributed by atoms with Gasteiger partial charge in [-0.15, -0.1) is 0 Å². The van der Waals surface area contributed by atoms with Crippen LogP contribution in [0.15, 0.2) is 6.07 Å². The minimum atomic E-state index is 0.389. The van der Waals surface area contributed by atoms with Crippen molar-refractivity contribution in [2.24, 2.45) is 14.1 Å². The van der Waals surface area contributed by atoms with Crippen molar-refractivity contribution in [1.29, 1.82) is 0 Å². The van der Waals surface area contributed by atoms with Crippen molar-refractivity contribution in [2.45, 2.75) is 20.5 Å². The second-order valence-corrected chi connectivity index (χ2v) is 4.40. The smallest absolute Gasteiger partial charge is 0.215 e. The fraction of sp³-hybridized carbons (Fsp3) is 0.455. The largest absolute Gasteiger partial charge is 0.471 e. The zero-order valence-corrected chi connectivity index (χ0v) is 11.1. The van der Waals surface area contributed by atoms with Gasteiger partial charge in [-0.05, 0) is 13.8 Å². The van der Waals surface area contributed by atoms with Crippen LogP contribution < -0.4 is 4.74 Å². The number of nitrogens with zero attached hydrogens (tertiary/aromatic N) is 4. The molecule has 0 radical (unpaired) electrons. The molecule has 0 saturated heterocycles. The Balaban J connectivity index is 2.12. The Morgan fingerprint density at radius 1 is 1.24 bits per heavy atom. The summed E-state index contributed by atoms with van der Waals surface area (Å²) in [7, 11) is 3.66. The summed E-state index contributed by atoms with van der Waals surface area (Å²) in [5.74, 6) is 0.768. The second-order valence-electron chi connectivity index (χ2n) is 4.01. The van der Waals surface area contributed by atoms with Crippen molar-refractivity contribution in [3.8, 4) is 5.88 Å². The third-order valence-electron chi connectivity index (χ3n) is 2.69. The number of rotatable bonds is 3. The summed E-state index contributed by atoms with van der Waals surface area (Å²) in [5.41, 5.74) is 2.83. The van der Waals surface area contributed by atoms with Gasteiger partial charge in [0.2, 0.25) is 5.88 Å². The molecule has 0 amide bonds. The average molecular weight is 255 g/mol. The van der Waals surface area contributed by atoms with E-state index in [1.54, 1.807) is 22.5 Å². The predicted octanol–water partition coefficient (Wildman–Crippen LogP) is 2.00. The Labute approximate surface area is 105 Å². The third kappa shape index (κ3) is 2.29. The molecule has 17 heavy (non-hydrogen) atoms. The molecule has 0 bridgehead atoms. The molecule has 2 aromatic heterocycles. The van der Waals surface area contributed by atoms with Gasteiger partial charge in [0.05, 0.1) is 5.69 Å². The van der Waals surface area contributed by atoms with E-state index in [-0.39, 0.29) is 0 Å². The zero-order chi connectivity index (χ0) is 12.6. The Bertz CT molecular complexity index is 524. The van der Waals surface area contributed by atoms with Gasteiger partial charge in [-0.1, -0.05) is 11.6 Å². The fourth-order valence-electron chi connectivity index (χ4n) is 1.66. The predicted molar refractivity (Wildman–Crippen MR) is 65.2 cm³/mol. The maximum absolute atomic E-state index is 5.91. The van der Waals surface area contributed by atoms with E-state index in [9.17, 15) is 0 Å². The van der Waals surface area contributed by atoms with Crippen LogP contribution in [0.5, 0.6) is 5.88 Å². The molecule has 2 aromatic rings. The molecule has 0 spiro atoms. The average Bonchev–Trinajstić information content (AvgIpc) is 2.69. The quantitative estimate of drug-likeness (QED) is 0.842. The Morgan fingerprint density at radius 2 is 1.94 bits per heavy atom. The Morgan fingerprint density at radius 3 is 2.41 bits per heavy atom. The number of hydrogen-bond donors (Lipinski definition) is 0. The van der Waals surface area contributed by atoms with Gasteiger partial charge in [0.25, 0.3) is 0 Å². The molecule has 0 aliphatic carbocycles. The first-order chi connectivity index (χ1) is 7.99. The van der Waals surface area contributed by atoms with E-state index in [2.05, 4.69) is 10.2 Å². The van der Waals surface area contributed by atoms with Gasteiger partial charge >= 0.3 is 0 Å². The van der Waals surface area contributed by atoms with Gasteiger partial charge in [-0.2, -0.15) is 10.2 Å². The van der Waals surface area contributed by atoms with Gasteiger partial charge in [0, 0.05) is 25.7 Å². The molecule has 92 valence electrons. The lowest BCUT2D eigenvalue weighted by Gasteiger charge is -2.05. The highest BCUT2D eigenvalue weighted by atomic mass is 35.5. The van der Waals surface area contributed by atoms with Crippen LogP contribution in [0, 0.1) is 13.8 Å². The number of hydrogen-bond acceptors (Lipinski definition) is 3. The first-order valence-electron chi connectivity index (χ1n) is 5.30. The van der Waals surface area contributed by atoms with E-state index in [0.717, 1.165) is 22.8 Å². The second kappa shape index (κ2) is 4.41. The van der Waals surface area contributed by atoms with Crippen LogP contribution >= 0.6 is 11.6 Å². The van der Waals surface area contributed by atoms with E-state index in [4.69, 9.17) is 16.3 Å². The molecule has 0 fully saturated rings. The molecule has 0 atom stereocenters. The van der Waals surface area contributed by atoms with E-state index in [0.29, 0.717) is 11.8 Å². The van der Waals surface area contributed by atoms with E-state index in [1.165, 1.54) is 0 Å². The highest BCUT2D eigenvalue weighted by molar-refractivity contribution is 6.29. The Hall–Kier alpha value is -1.49. The molecule has 0 saturated carbocycles. The molecule has 2 rings (SSSR count). The lowest BCUT2D eigenvalue weighted by molar-refractivity contribution is 0.271. The number of aryl methyl sites for hydroxylation is 3.